The van der Waals surface area contributed by atoms with Crippen LogP contribution in [0.15, 0.2) is 36.0 Å². The molecule has 1 aliphatic rings. The molecule has 8 heteroatoms. The van der Waals surface area contributed by atoms with Crippen LogP contribution in [-0.2, 0) is 17.9 Å². The highest BCUT2D eigenvalue weighted by molar-refractivity contribution is 7.13. The van der Waals surface area contributed by atoms with Crippen LogP contribution < -0.4 is 10.6 Å². The third-order valence-corrected chi connectivity index (χ3v) is 5.53. The molecule has 7 nitrogen and oxygen atoms in total. The van der Waals surface area contributed by atoms with Crippen LogP contribution in [0.3, 0.4) is 0 Å². The van der Waals surface area contributed by atoms with Crippen LogP contribution in [0.2, 0.25) is 0 Å². The fraction of sp³-hybridized carbons (Fsp3) is 0.389. The molecule has 26 heavy (non-hydrogen) atoms. The maximum Gasteiger partial charge on any atom is 0.241 e. The number of hydrogen-bond acceptors (Lipinski definition) is 5. The first-order valence-electron chi connectivity index (χ1n) is 8.86. The monoisotopic (exact) mass is 370 g/mol. The van der Waals surface area contributed by atoms with Crippen molar-refractivity contribution < 1.29 is 4.79 Å². The Labute approximate surface area is 155 Å². The Kier molecular flexibility index (Phi) is 5.12. The highest BCUT2D eigenvalue weighted by Gasteiger charge is 2.18. The van der Waals surface area contributed by atoms with Crippen molar-refractivity contribution >= 4 is 17.2 Å². The average Bonchev–Trinajstić information content (AvgIpc) is 3.41. The number of carbonyl (C=O) groups excluding carboxylic acids is 1. The third kappa shape index (κ3) is 3.86. The summed E-state index contributed by atoms with van der Waals surface area (Å²) in [5.41, 5.74) is 3.02. The van der Waals surface area contributed by atoms with Gasteiger partial charge in [0, 0.05) is 30.8 Å². The van der Waals surface area contributed by atoms with E-state index in [0.29, 0.717) is 12.5 Å². The summed E-state index contributed by atoms with van der Waals surface area (Å²) in [6.07, 6.45) is 5.98. The standard InChI is InChI=1S/C18H22N6OS/c25-17(12-24-7-5-15(23-24)13-3-1-6-19-9-13)20-10-14-11-21-22-18(14)16-4-2-8-26-16/h2,4-5,7-8,11,13,19H,1,3,6,9-10,12H2,(H,20,25)(H,21,22)/t13-/m1/s1. The second kappa shape index (κ2) is 7.84. The topological polar surface area (TPSA) is 87.6 Å². The van der Waals surface area contributed by atoms with Crippen LogP contribution in [0.5, 0.6) is 0 Å². The van der Waals surface area contributed by atoms with Gasteiger partial charge in [-0.1, -0.05) is 6.07 Å². The quantitative estimate of drug-likeness (QED) is 0.620. The highest BCUT2D eigenvalue weighted by Crippen LogP contribution is 2.25. The molecule has 136 valence electrons. The molecule has 0 radical (unpaired) electrons. The molecule has 0 bridgehead atoms. The van der Waals surface area contributed by atoms with Crippen LogP contribution in [0.25, 0.3) is 10.6 Å². The molecular weight excluding hydrogens is 348 g/mol. The van der Waals surface area contributed by atoms with Crippen molar-refractivity contribution in [1.82, 2.24) is 30.6 Å². The lowest BCUT2D eigenvalue weighted by Crippen LogP contribution is -2.29. The molecular formula is C18H22N6OS. The number of nitrogens with one attached hydrogen (secondary N) is 3. The predicted octanol–water partition coefficient (Wildman–Crippen LogP) is 2.12. The lowest BCUT2D eigenvalue weighted by Gasteiger charge is -2.20. The van der Waals surface area contributed by atoms with Crippen molar-refractivity contribution in [2.24, 2.45) is 0 Å². The Bertz CT molecular complexity index is 847. The minimum absolute atomic E-state index is 0.0558. The molecule has 0 spiro atoms. The van der Waals surface area contributed by atoms with Gasteiger partial charge in [-0.3, -0.25) is 14.6 Å². The lowest BCUT2D eigenvalue weighted by molar-refractivity contribution is -0.122. The molecule has 0 aromatic carbocycles. The maximum atomic E-state index is 12.3. The Balaban J connectivity index is 1.32. The summed E-state index contributed by atoms with van der Waals surface area (Å²) in [5, 5.41) is 20.1. The van der Waals surface area contributed by atoms with E-state index < -0.39 is 0 Å². The summed E-state index contributed by atoms with van der Waals surface area (Å²) in [6.45, 7) is 2.73. The zero-order valence-corrected chi connectivity index (χ0v) is 15.3. The van der Waals surface area contributed by atoms with E-state index in [1.165, 1.54) is 6.42 Å². The van der Waals surface area contributed by atoms with Gasteiger partial charge in [-0.15, -0.1) is 11.3 Å². The first-order chi connectivity index (χ1) is 12.8. The van der Waals surface area contributed by atoms with E-state index in [-0.39, 0.29) is 12.5 Å². The molecule has 1 aliphatic heterocycles. The number of thiophene rings is 1. The molecule has 0 aliphatic carbocycles. The number of aromatic nitrogens is 4. The van der Waals surface area contributed by atoms with Crippen molar-refractivity contribution in [2.45, 2.75) is 31.8 Å². The van der Waals surface area contributed by atoms with Crippen LogP contribution >= 0.6 is 11.3 Å². The minimum Gasteiger partial charge on any atom is -0.350 e. The van der Waals surface area contributed by atoms with E-state index in [0.717, 1.165) is 41.3 Å². The number of aromatic amines is 1. The zero-order valence-electron chi connectivity index (χ0n) is 14.4. The Hall–Kier alpha value is -2.45. The molecule has 0 unspecified atom stereocenters. The molecule has 1 fully saturated rings. The third-order valence-electron chi connectivity index (χ3n) is 4.64. The molecule has 4 heterocycles. The van der Waals surface area contributed by atoms with E-state index in [1.807, 2.05) is 29.8 Å². The van der Waals surface area contributed by atoms with Crippen LogP contribution in [0.4, 0.5) is 0 Å². The molecule has 4 rings (SSSR count). The van der Waals surface area contributed by atoms with E-state index in [9.17, 15) is 4.79 Å². The number of H-pyrrole nitrogens is 1. The van der Waals surface area contributed by atoms with Crippen molar-refractivity contribution in [1.29, 1.82) is 0 Å². The van der Waals surface area contributed by atoms with Crippen LogP contribution in [0, 0.1) is 0 Å². The number of piperidine rings is 1. The fourth-order valence-corrected chi connectivity index (χ4v) is 4.02. The fourth-order valence-electron chi connectivity index (χ4n) is 3.26. The first kappa shape index (κ1) is 17.0. The summed E-state index contributed by atoms with van der Waals surface area (Å²) in [4.78, 5) is 13.4. The van der Waals surface area contributed by atoms with Gasteiger partial charge in [0.05, 0.1) is 22.5 Å². The predicted molar refractivity (Wildman–Crippen MR) is 101 cm³/mol. The average molecular weight is 370 g/mol. The summed E-state index contributed by atoms with van der Waals surface area (Å²) in [6, 6.07) is 6.06. The van der Waals surface area contributed by atoms with Crippen LogP contribution in [-0.4, -0.2) is 39.0 Å². The van der Waals surface area contributed by atoms with Gasteiger partial charge in [-0.25, -0.2) is 0 Å². The largest absolute Gasteiger partial charge is 0.350 e. The van der Waals surface area contributed by atoms with E-state index in [1.54, 1.807) is 22.2 Å². The van der Waals surface area contributed by atoms with Crippen molar-refractivity contribution in [3.63, 3.8) is 0 Å². The smallest absolute Gasteiger partial charge is 0.241 e. The minimum atomic E-state index is -0.0558. The molecule has 0 saturated carbocycles. The van der Waals surface area contributed by atoms with E-state index in [2.05, 4.69) is 25.9 Å². The van der Waals surface area contributed by atoms with E-state index >= 15 is 0 Å². The number of nitrogens with zero attached hydrogens (tertiary/aromatic N) is 3. The lowest BCUT2D eigenvalue weighted by atomic mass is 9.97. The number of carbonyl (C=O) groups is 1. The number of hydrogen-bond donors (Lipinski definition) is 3. The molecule has 3 aromatic rings. The summed E-state index contributed by atoms with van der Waals surface area (Å²) >= 11 is 1.64. The summed E-state index contributed by atoms with van der Waals surface area (Å²) in [5.74, 6) is 0.395. The molecule has 1 atom stereocenters. The van der Waals surface area contributed by atoms with Crippen molar-refractivity contribution in [3.8, 4) is 10.6 Å². The number of amides is 1. The summed E-state index contributed by atoms with van der Waals surface area (Å²) in [7, 11) is 0. The molecule has 1 saturated heterocycles. The van der Waals surface area contributed by atoms with Gasteiger partial charge < -0.3 is 10.6 Å². The van der Waals surface area contributed by atoms with Gasteiger partial charge in [-0.2, -0.15) is 10.2 Å². The van der Waals surface area contributed by atoms with Gasteiger partial charge in [-0.05, 0) is 36.9 Å². The summed E-state index contributed by atoms with van der Waals surface area (Å²) < 4.78 is 1.72. The van der Waals surface area contributed by atoms with E-state index in [4.69, 9.17) is 0 Å². The second-order valence-electron chi connectivity index (χ2n) is 6.51. The Morgan fingerprint density at radius 1 is 1.42 bits per heavy atom. The molecule has 3 aromatic heterocycles. The van der Waals surface area contributed by atoms with Gasteiger partial charge in [0.15, 0.2) is 0 Å². The SMILES string of the molecule is O=C(Cn1ccc([C@@H]2CCCNC2)n1)NCc1cn[nH]c1-c1cccs1. The van der Waals surface area contributed by atoms with Gasteiger partial charge in [0.2, 0.25) is 5.91 Å². The van der Waals surface area contributed by atoms with Gasteiger partial charge >= 0.3 is 0 Å². The molecule has 3 N–H and O–H groups in total. The van der Waals surface area contributed by atoms with Crippen molar-refractivity contribution in [2.75, 3.05) is 13.1 Å². The van der Waals surface area contributed by atoms with Gasteiger partial charge in [0.25, 0.3) is 0 Å². The van der Waals surface area contributed by atoms with Gasteiger partial charge in [0.1, 0.15) is 6.54 Å². The Morgan fingerprint density at radius 2 is 2.38 bits per heavy atom. The molecule has 1 amide bonds. The zero-order chi connectivity index (χ0) is 17.8. The second-order valence-corrected chi connectivity index (χ2v) is 7.45. The maximum absolute atomic E-state index is 12.3. The Morgan fingerprint density at radius 3 is 3.19 bits per heavy atom. The number of rotatable bonds is 6. The van der Waals surface area contributed by atoms with Crippen molar-refractivity contribution in [3.05, 3.63) is 47.2 Å². The van der Waals surface area contributed by atoms with Crippen LogP contribution in [0.1, 0.15) is 30.0 Å². The first-order valence-corrected chi connectivity index (χ1v) is 9.74. The normalized spacial score (nSPS) is 17.3. The highest BCUT2D eigenvalue weighted by atomic mass is 32.1.